The lowest BCUT2D eigenvalue weighted by Gasteiger charge is -2.09. The molecule has 0 aliphatic carbocycles. The highest BCUT2D eigenvalue weighted by Crippen LogP contribution is 1.91. The molecule has 0 fully saturated rings. The number of carbonyl (C=O) groups is 2. The van der Waals surface area contributed by atoms with Crippen molar-refractivity contribution in [2.24, 2.45) is 0 Å². The second-order valence-electron chi connectivity index (χ2n) is 2.64. The van der Waals surface area contributed by atoms with Gasteiger partial charge in [0.1, 0.15) is 6.04 Å². The minimum Gasteiger partial charge on any atom is -0.480 e. The lowest BCUT2D eigenvalue weighted by molar-refractivity contribution is -0.138. The van der Waals surface area contributed by atoms with E-state index in [2.05, 4.69) is 5.32 Å². The van der Waals surface area contributed by atoms with Crippen molar-refractivity contribution >= 4 is 11.8 Å². The summed E-state index contributed by atoms with van der Waals surface area (Å²) >= 11 is 0. The van der Waals surface area contributed by atoms with Crippen molar-refractivity contribution in [3.8, 4) is 0 Å². The van der Waals surface area contributed by atoms with E-state index in [1.165, 1.54) is 19.9 Å². The van der Waals surface area contributed by atoms with Crippen LogP contribution in [0.3, 0.4) is 0 Å². The number of rotatable bonds is 4. The summed E-state index contributed by atoms with van der Waals surface area (Å²) in [4.78, 5) is 20.9. The normalized spacial score (nSPS) is 13.8. The molecule has 0 amide bonds. The van der Waals surface area contributed by atoms with Gasteiger partial charge in [0, 0.05) is 5.70 Å². The first-order valence-electron chi connectivity index (χ1n) is 3.61. The van der Waals surface area contributed by atoms with E-state index in [0.717, 1.165) is 0 Å². The Morgan fingerprint density at radius 1 is 1.42 bits per heavy atom. The summed E-state index contributed by atoms with van der Waals surface area (Å²) in [5.74, 6) is -1.04. The molecule has 0 spiro atoms. The van der Waals surface area contributed by atoms with Crippen molar-refractivity contribution in [2.75, 3.05) is 0 Å². The van der Waals surface area contributed by atoms with Crippen LogP contribution in [0.15, 0.2) is 11.8 Å². The average molecular weight is 171 g/mol. The first kappa shape index (κ1) is 10.7. The van der Waals surface area contributed by atoms with Crippen molar-refractivity contribution < 1.29 is 14.7 Å². The highest BCUT2D eigenvalue weighted by Gasteiger charge is 2.09. The number of aliphatic carboxylic acids is 1. The largest absolute Gasteiger partial charge is 0.480 e. The van der Waals surface area contributed by atoms with Crippen LogP contribution in [0.5, 0.6) is 0 Å². The molecular weight excluding hydrogens is 158 g/mol. The van der Waals surface area contributed by atoms with Gasteiger partial charge in [0.05, 0.1) is 0 Å². The van der Waals surface area contributed by atoms with Crippen LogP contribution in [0.2, 0.25) is 0 Å². The predicted molar refractivity (Wildman–Crippen MR) is 44.7 cm³/mol. The van der Waals surface area contributed by atoms with Crippen molar-refractivity contribution in [1.29, 1.82) is 0 Å². The van der Waals surface area contributed by atoms with Crippen LogP contribution in [-0.4, -0.2) is 22.9 Å². The molecular formula is C8H13NO3. The van der Waals surface area contributed by atoms with Crippen molar-refractivity contribution in [3.63, 3.8) is 0 Å². The molecule has 0 aromatic heterocycles. The highest BCUT2D eigenvalue weighted by molar-refractivity contribution is 5.87. The SMILES string of the molecule is CC(=O)/C=C(\C)N[C@@H](C)C(=O)O. The molecule has 0 aromatic carbocycles. The van der Waals surface area contributed by atoms with Gasteiger partial charge in [0.15, 0.2) is 5.78 Å². The van der Waals surface area contributed by atoms with Crippen molar-refractivity contribution in [3.05, 3.63) is 11.8 Å². The fraction of sp³-hybridized carbons (Fsp3) is 0.500. The van der Waals surface area contributed by atoms with E-state index in [1.807, 2.05) is 0 Å². The molecule has 0 heterocycles. The third-order valence-electron chi connectivity index (χ3n) is 1.23. The van der Waals surface area contributed by atoms with Crippen LogP contribution in [0.1, 0.15) is 20.8 Å². The molecule has 4 nitrogen and oxygen atoms in total. The number of hydrogen-bond donors (Lipinski definition) is 2. The van der Waals surface area contributed by atoms with Gasteiger partial charge < -0.3 is 10.4 Å². The van der Waals surface area contributed by atoms with E-state index in [1.54, 1.807) is 6.92 Å². The Bertz CT molecular complexity index is 220. The minimum atomic E-state index is -0.939. The summed E-state index contributed by atoms with van der Waals surface area (Å²) in [6.07, 6.45) is 1.36. The number of hydrogen-bond acceptors (Lipinski definition) is 3. The lowest BCUT2D eigenvalue weighted by Crippen LogP contribution is -2.32. The first-order valence-corrected chi connectivity index (χ1v) is 3.61. The van der Waals surface area contributed by atoms with Gasteiger partial charge in [0.2, 0.25) is 0 Å². The Morgan fingerprint density at radius 3 is 2.25 bits per heavy atom. The van der Waals surface area contributed by atoms with E-state index in [-0.39, 0.29) is 5.78 Å². The zero-order valence-electron chi connectivity index (χ0n) is 7.42. The molecule has 12 heavy (non-hydrogen) atoms. The Morgan fingerprint density at radius 2 is 1.92 bits per heavy atom. The molecule has 0 saturated carbocycles. The zero-order valence-corrected chi connectivity index (χ0v) is 7.42. The smallest absolute Gasteiger partial charge is 0.325 e. The Balaban J connectivity index is 4.09. The van der Waals surface area contributed by atoms with E-state index in [0.29, 0.717) is 5.70 Å². The summed E-state index contributed by atoms with van der Waals surface area (Å²) in [6, 6.07) is -0.666. The van der Waals surface area contributed by atoms with Gasteiger partial charge in [-0.15, -0.1) is 0 Å². The van der Waals surface area contributed by atoms with E-state index in [9.17, 15) is 9.59 Å². The molecule has 0 unspecified atom stereocenters. The molecule has 0 aromatic rings. The van der Waals surface area contributed by atoms with E-state index < -0.39 is 12.0 Å². The molecule has 4 heteroatoms. The first-order chi connectivity index (χ1) is 5.43. The van der Waals surface area contributed by atoms with E-state index in [4.69, 9.17) is 5.11 Å². The summed E-state index contributed by atoms with van der Waals surface area (Å²) < 4.78 is 0. The number of nitrogens with one attached hydrogen (secondary N) is 1. The van der Waals surface area contributed by atoms with Gasteiger partial charge in [-0.1, -0.05) is 0 Å². The molecule has 0 rings (SSSR count). The molecule has 0 bridgehead atoms. The average Bonchev–Trinajstić information content (AvgIpc) is 1.84. The van der Waals surface area contributed by atoms with Crippen LogP contribution in [-0.2, 0) is 9.59 Å². The number of ketones is 1. The third-order valence-corrected chi connectivity index (χ3v) is 1.23. The molecule has 68 valence electrons. The monoisotopic (exact) mass is 171 g/mol. The topological polar surface area (TPSA) is 66.4 Å². The maximum absolute atomic E-state index is 10.5. The molecule has 2 N–H and O–H groups in total. The maximum Gasteiger partial charge on any atom is 0.325 e. The van der Waals surface area contributed by atoms with Crippen LogP contribution < -0.4 is 5.32 Å². The van der Waals surface area contributed by atoms with Crippen LogP contribution >= 0.6 is 0 Å². The fourth-order valence-corrected chi connectivity index (χ4v) is 0.750. The number of allylic oxidation sites excluding steroid dienone is 2. The molecule has 0 aliphatic rings. The lowest BCUT2D eigenvalue weighted by atomic mass is 10.3. The predicted octanol–water partition coefficient (Wildman–Crippen LogP) is 0.542. The van der Waals surface area contributed by atoms with Crippen LogP contribution in [0, 0.1) is 0 Å². The Hall–Kier alpha value is -1.32. The summed E-state index contributed by atoms with van der Waals surface area (Å²) in [5, 5.41) is 11.1. The van der Waals surface area contributed by atoms with Gasteiger partial charge in [-0.2, -0.15) is 0 Å². The van der Waals surface area contributed by atoms with Crippen molar-refractivity contribution in [2.45, 2.75) is 26.8 Å². The quantitative estimate of drug-likeness (QED) is 0.606. The van der Waals surface area contributed by atoms with Crippen molar-refractivity contribution in [1.82, 2.24) is 5.32 Å². The van der Waals surface area contributed by atoms with Gasteiger partial charge >= 0.3 is 5.97 Å². The standard InChI is InChI=1S/C8H13NO3/c1-5(4-6(2)10)9-7(3)8(11)12/h4,7,9H,1-3H3,(H,11,12)/b5-4+/t7-/m0/s1. The van der Waals surface area contributed by atoms with Crippen LogP contribution in [0.25, 0.3) is 0 Å². The van der Waals surface area contributed by atoms with Crippen LogP contribution in [0.4, 0.5) is 0 Å². The Kier molecular flexibility index (Phi) is 4.04. The van der Waals surface area contributed by atoms with Gasteiger partial charge in [-0.25, -0.2) is 0 Å². The number of carbonyl (C=O) groups excluding carboxylic acids is 1. The number of carboxylic acid groups (broad SMARTS) is 1. The van der Waals surface area contributed by atoms with E-state index >= 15 is 0 Å². The second kappa shape index (κ2) is 4.54. The zero-order chi connectivity index (χ0) is 9.72. The van der Waals surface area contributed by atoms with Gasteiger partial charge in [0.25, 0.3) is 0 Å². The summed E-state index contributed by atoms with van der Waals surface area (Å²) in [5.41, 5.74) is 0.567. The Labute approximate surface area is 71.3 Å². The van der Waals surface area contributed by atoms with Gasteiger partial charge in [-0.05, 0) is 26.8 Å². The summed E-state index contributed by atoms with van der Waals surface area (Å²) in [6.45, 7) is 4.58. The fourth-order valence-electron chi connectivity index (χ4n) is 0.750. The molecule has 0 aliphatic heterocycles. The molecule has 1 atom stereocenters. The third kappa shape index (κ3) is 4.49. The minimum absolute atomic E-state index is 0.0995. The number of carboxylic acids is 1. The maximum atomic E-state index is 10.5. The second-order valence-corrected chi connectivity index (χ2v) is 2.64. The molecule has 0 saturated heterocycles. The summed E-state index contributed by atoms with van der Waals surface area (Å²) in [7, 11) is 0. The van der Waals surface area contributed by atoms with Gasteiger partial charge in [-0.3, -0.25) is 9.59 Å². The molecule has 0 radical (unpaired) electrons. The highest BCUT2D eigenvalue weighted by atomic mass is 16.4.